The van der Waals surface area contributed by atoms with E-state index in [0.29, 0.717) is 0 Å². The second-order valence-electron chi connectivity index (χ2n) is 5.72. The van der Waals surface area contributed by atoms with Crippen molar-refractivity contribution in [3.8, 4) is 0 Å². The maximum absolute atomic E-state index is 9.36. The average Bonchev–Trinajstić information content (AvgIpc) is 3.03. The molecule has 1 atom stereocenters. The molecule has 1 aliphatic rings. The molecule has 2 aromatic heterocycles. The molecule has 3 rings (SSSR count). The lowest BCUT2D eigenvalue weighted by Gasteiger charge is -2.41. The van der Waals surface area contributed by atoms with Gasteiger partial charge in [-0.25, -0.2) is 9.97 Å². The van der Waals surface area contributed by atoms with Crippen LogP contribution in [0.5, 0.6) is 0 Å². The molecule has 1 fully saturated rings. The second kappa shape index (κ2) is 6.89. The molecule has 118 valence electrons. The van der Waals surface area contributed by atoms with Crippen LogP contribution >= 0.6 is 0 Å². The highest BCUT2D eigenvalue weighted by Gasteiger charge is 2.28. The Labute approximate surface area is 130 Å². The van der Waals surface area contributed by atoms with E-state index in [-0.39, 0.29) is 12.6 Å². The van der Waals surface area contributed by atoms with Crippen LogP contribution in [0.1, 0.15) is 17.7 Å². The summed E-state index contributed by atoms with van der Waals surface area (Å²) in [5, 5.41) is 9.36. The lowest BCUT2D eigenvalue weighted by Crippen LogP contribution is -2.53. The first-order valence-corrected chi connectivity index (χ1v) is 7.67. The zero-order valence-electron chi connectivity index (χ0n) is 12.9. The number of hydrogen-bond acceptors (Lipinski definition) is 6. The van der Waals surface area contributed by atoms with Gasteiger partial charge in [-0.1, -0.05) is 0 Å². The van der Waals surface area contributed by atoms with Crippen LogP contribution in [0.3, 0.4) is 0 Å². The van der Waals surface area contributed by atoms with Crippen molar-refractivity contribution in [2.24, 2.45) is 0 Å². The molecular formula is C16H22N4O2. The van der Waals surface area contributed by atoms with Gasteiger partial charge in [-0.05, 0) is 31.0 Å². The van der Waals surface area contributed by atoms with Gasteiger partial charge < -0.3 is 14.4 Å². The summed E-state index contributed by atoms with van der Waals surface area (Å²) in [6, 6.07) is 4.17. The van der Waals surface area contributed by atoms with Gasteiger partial charge in [0.15, 0.2) is 0 Å². The van der Waals surface area contributed by atoms with Gasteiger partial charge in [-0.2, -0.15) is 0 Å². The number of piperazine rings is 1. The summed E-state index contributed by atoms with van der Waals surface area (Å²) < 4.78 is 5.44. The zero-order chi connectivity index (χ0) is 15.4. The molecule has 0 aliphatic carbocycles. The van der Waals surface area contributed by atoms with Crippen LogP contribution in [-0.2, 0) is 6.54 Å². The van der Waals surface area contributed by atoms with Crippen molar-refractivity contribution in [1.82, 2.24) is 14.9 Å². The van der Waals surface area contributed by atoms with Crippen LogP contribution in [0.25, 0.3) is 0 Å². The first-order valence-electron chi connectivity index (χ1n) is 7.67. The third kappa shape index (κ3) is 3.45. The number of aliphatic hydroxyl groups is 1. The minimum absolute atomic E-state index is 0.182. The van der Waals surface area contributed by atoms with E-state index in [0.717, 1.165) is 49.9 Å². The van der Waals surface area contributed by atoms with Crippen molar-refractivity contribution >= 4 is 5.95 Å². The molecule has 0 aromatic carbocycles. The maximum atomic E-state index is 9.36. The molecule has 0 saturated carbocycles. The number of furan rings is 1. The third-order valence-corrected chi connectivity index (χ3v) is 4.06. The number of aromatic nitrogens is 2. The molecule has 6 nitrogen and oxygen atoms in total. The molecule has 1 aliphatic heterocycles. The highest BCUT2D eigenvalue weighted by atomic mass is 16.3. The number of aliphatic hydroxyl groups excluding tert-OH is 1. The fourth-order valence-electron chi connectivity index (χ4n) is 2.86. The van der Waals surface area contributed by atoms with Crippen molar-refractivity contribution in [2.45, 2.75) is 25.9 Å². The number of anilines is 1. The highest BCUT2D eigenvalue weighted by Crippen LogP contribution is 2.19. The van der Waals surface area contributed by atoms with Crippen molar-refractivity contribution < 1.29 is 9.52 Å². The first-order chi connectivity index (χ1) is 10.8. The monoisotopic (exact) mass is 302 g/mol. The zero-order valence-corrected chi connectivity index (χ0v) is 12.9. The van der Waals surface area contributed by atoms with Crippen LogP contribution in [0.2, 0.25) is 0 Å². The van der Waals surface area contributed by atoms with E-state index in [4.69, 9.17) is 4.42 Å². The Morgan fingerprint density at radius 3 is 2.82 bits per heavy atom. The SMILES string of the molecule is Cc1cnc(N2CCN(Cc3ccco3)[C@H](CCO)C2)nc1. The van der Waals surface area contributed by atoms with Gasteiger partial charge in [0.1, 0.15) is 5.76 Å². The van der Waals surface area contributed by atoms with E-state index in [1.807, 2.05) is 31.5 Å². The summed E-state index contributed by atoms with van der Waals surface area (Å²) in [6.07, 6.45) is 6.13. The molecule has 3 heterocycles. The lowest BCUT2D eigenvalue weighted by atomic mass is 10.1. The molecule has 1 saturated heterocycles. The summed E-state index contributed by atoms with van der Waals surface area (Å²) in [7, 11) is 0. The highest BCUT2D eigenvalue weighted by molar-refractivity contribution is 5.31. The van der Waals surface area contributed by atoms with E-state index < -0.39 is 0 Å². The van der Waals surface area contributed by atoms with Gasteiger partial charge in [0.2, 0.25) is 5.95 Å². The van der Waals surface area contributed by atoms with Crippen molar-refractivity contribution in [1.29, 1.82) is 0 Å². The molecule has 0 spiro atoms. The summed E-state index contributed by atoms with van der Waals surface area (Å²) in [4.78, 5) is 13.4. The minimum Gasteiger partial charge on any atom is -0.468 e. The maximum Gasteiger partial charge on any atom is 0.225 e. The van der Waals surface area contributed by atoms with Crippen molar-refractivity contribution in [3.63, 3.8) is 0 Å². The van der Waals surface area contributed by atoms with Crippen LogP contribution in [0.4, 0.5) is 5.95 Å². The molecule has 1 N–H and O–H groups in total. The normalized spacial score (nSPS) is 19.5. The standard InChI is InChI=1S/C16H22N4O2/c1-13-9-17-16(18-10-13)20-6-5-19(14(11-20)4-7-21)12-15-3-2-8-22-15/h2-3,8-10,14,21H,4-7,11-12H2,1H3/t14-/m1/s1. The largest absolute Gasteiger partial charge is 0.468 e. The van der Waals surface area contributed by atoms with Crippen LogP contribution in [0.15, 0.2) is 35.2 Å². The van der Waals surface area contributed by atoms with Gasteiger partial charge in [0.25, 0.3) is 0 Å². The van der Waals surface area contributed by atoms with E-state index in [2.05, 4.69) is 19.8 Å². The van der Waals surface area contributed by atoms with E-state index in [1.165, 1.54) is 0 Å². The Bertz CT molecular complexity index is 570. The predicted molar refractivity (Wildman–Crippen MR) is 83.6 cm³/mol. The van der Waals surface area contributed by atoms with Gasteiger partial charge in [-0.3, -0.25) is 4.90 Å². The third-order valence-electron chi connectivity index (χ3n) is 4.06. The van der Waals surface area contributed by atoms with E-state index in [9.17, 15) is 5.11 Å². The van der Waals surface area contributed by atoms with Gasteiger partial charge in [0, 0.05) is 44.7 Å². The average molecular weight is 302 g/mol. The van der Waals surface area contributed by atoms with Crippen LogP contribution in [-0.4, -0.2) is 52.3 Å². The number of hydrogen-bond donors (Lipinski definition) is 1. The molecule has 6 heteroatoms. The second-order valence-corrected chi connectivity index (χ2v) is 5.72. The topological polar surface area (TPSA) is 65.6 Å². The summed E-state index contributed by atoms with van der Waals surface area (Å²) in [6.45, 7) is 5.56. The van der Waals surface area contributed by atoms with Crippen molar-refractivity contribution in [3.05, 3.63) is 42.1 Å². The molecule has 22 heavy (non-hydrogen) atoms. The van der Waals surface area contributed by atoms with Crippen molar-refractivity contribution in [2.75, 3.05) is 31.1 Å². The molecule has 0 unspecified atom stereocenters. The van der Waals surface area contributed by atoms with Gasteiger partial charge in [-0.15, -0.1) is 0 Å². The Balaban J connectivity index is 1.68. The summed E-state index contributed by atoms with van der Waals surface area (Å²) >= 11 is 0. The summed E-state index contributed by atoms with van der Waals surface area (Å²) in [5.41, 5.74) is 1.06. The van der Waals surface area contributed by atoms with E-state index in [1.54, 1.807) is 6.26 Å². The molecule has 0 amide bonds. The Hall–Kier alpha value is -1.92. The number of nitrogens with zero attached hydrogens (tertiary/aromatic N) is 4. The summed E-state index contributed by atoms with van der Waals surface area (Å²) in [5.74, 6) is 1.73. The quantitative estimate of drug-likeness (QED) is 0.902. The Kier molecular flexibility index (Phi) is 4.70. The van der Waals surface area contributed by atoms with Gasteiger partial charge >= 0.3 is 0 Å². The fourth-order valence-corrected chi connectivity index (χ4v) is 2.86. The lowest BCUT2D eigenvalue weighted by molar-refractivity contribution is 0.126. The first kappa shape index (κ1) is 15.0. The Morgan fingerprint density at radius 1 is 1.32 bits per heavy atom. The molecule has 2 aromatic rings. The molecule has 0 bridgehead atoms. The Morgan fingerprint density at radius 2 is 2.14 bits per heavy atom. The smallest absolute Gasteiger partial charge is 0.225 e. The number of rotatable bonds is 5. The van der Waals surface area contributed by atoms with E-state index >= 15 is 0 Å². The molecular weight excluding hydrogens is 280 g/mol. The molecule has 0 radical (unpaired) electrons. The minimum atomic E-state index is 0.182. The number of aryl methyl sites for hydroxylation is 1. The van der Waals surface area contributed by atoms with Crippen LogP contribution in [0, 0.1) is 6.92 Å². The van der Waals surface area contributed by atoms with Crippen LogP contribution < -0.4 is 4.90 Å². The predicted octanol–water partition coefficient (Wildman–Crippen LogP) is 1.45. The fraction of sp³-hybridized carbons (Fsp3) is 0.500. The van der Waals surface area contributed by atoms with Gasteiger partial charge in [0.05, 0.1) is 12.8 Å².